The number of carbonyl (C=O) groups excluding carboxylic acids is 1. The van der Waals surface area contributed by atoms with E-state index in [-0.39, 0.29) is 5.41 Å². The topological polar surface area (TPSA) is 17.1 Å². The third kappa shape index (κ3) is 1.50. The summed E-state index contributed by atoms with van der Waals surface area (Å²) in [5, 5.41) is 0. The third-order valence-electron chi connectivity index (χ3n) is 6.16. The fraction of sp³-hybridized carbons (Fsp3) is 0.611. The van der Waals surface area contributed by atoms with Crippen molar-refractivity contribution in [3.63, 3.8) is 0 Å². The van der Waals surface area contributed by atoms with Gasteiger partial charge in [0.1, 0.15) is 0 Å². The number of aryl methyl sites for hydroxylation is 1. The summed E-state index contributed by atoms with van der Waals surface area (Å²) in [5.41, 5.74) is 2.37. The van der Waals surface area contributed by atoms with Crippen LogP contribution in [0.2, 0.25) is 0 Å². The van der Waals surface area contributed by atoms with Crippen LogP contribution in [-0.2, 0) is 6.42 Å². The van der Waals surface area contributed by atoms with Crippen LogP contribution in [0.25, 0.3) is 0 Å². The van der Waals surface area contributed by atoms with Crippen LogP contribution in [0.4, 0.5) is 0 Å². The quantitative estimate of drug-likeness (QED) is 0.670. The summed E-state index contributed by atoms with van der Waals surface area (Å²) in [5.74, 6) is 1.87. The Morgan fingerprint density at radius 3 is 2.26 bits per heavy atom. The van der Waals surface area contributed by atoms with E-state index in [1.54, 1.807) is 0 Å². The lowest BCUT2D eigenvalue weighted by molar-refractivity contribution is -0.0122. The van der Waals surface area contributed by atoms with Crippen LogP contribution >= 0.6 is 0 Å². The van der Waals surface area contributed by atoms with E-state index < -0.39 is 0 Å². The van der Waals surface area contributed by atoms with Crippen molar-refractivity contribution >= 4 is 5.78 Å². The first-order valence-corrected chi connectivity index (χ1v) is 7.95. The Hall–Kier alpha value is -1.11. The summed E-state index contributed by atoms with van der Waals surface area (Å²) in [6.07, 6.45) is 10.1. The molecule has 2 fully saturated rings. The summed E-state index contributed by atoms with van der Waals surface area (Å²) >= 11 is 0. The molecule has 1 aromatic rings. The second-order valence-corrected chi connectivity index (χ2v) is 6.78. The molecular weight excluding hydrogens is 232 g/mol. The molecule has 1 aromatic carbocycles. The molecule has 0 atom stereocenters. The Labute approximate surface area is 115 Å². The van der Waals surface area contributed by atoms with Crippen LogP contribution in [-0.4, -0.2) is 5.78 Å². The van der Waals surface area contributed by atoms with Gasteiger partial charge >= 0.3 is 0 Å². The lowest BCUT2D eigenvalue weighted by Gasteiger charge is -2.54. The summed E-state index contributed by atoms with van der Waals surface area (Å²) in [6, 6.07) is 8.34. The summed E-state index contributed by atoms with van der Waals surface area (Å²) in [7, 11) is 0. The van der Waals surface area contributed by atoms with Crippen LogP contribution in [0.5, 0.6) is 0 Å². The molecule has 0 unspecified atom stereocenters. The molecule has 4 rings (SSSR count). The Balaban J connectivity index is 1.82. The van der Waals surface area contributed by atoms with Crippen molar-refractivity contribution < 1.29 is 4.79 Å². The molecule has 0 amide bonds. The van der Waals surface area contributed by atoms with Gasteiger partial charge in [-0.1, -0.05) is 37.1 Å². The molecule has 1 nitrogen and oxygen atoms in total. The first kappa shape index (κ1) is 11.7. The van der Waals surface area contributed by atoms with Crippen molar-refractivity contribution in [3.8, 4) is 0 Å². The summed E-state index contributed by atoms with van der Waals surface area (Å²) < 4.78 is 0. The van der Waals surface area contributed by atoms with Gasteiger partial charge in [0.15, 0.2) is 5.78 Å². The number of fused-ring (bicyclic) bond motifs is 1. The smallest absolute Gasteiger partial charge is 0.169 e. The standard InChI is InChI=1S/C18H22O/c19-17-16-10-2-1-5-13(16)11-12-18(17)14-6-3-7-15(18)9-4-8-14/h1-2,5,10,14-15H,3-4,6-9,11-12H2. The predicted molar refractivity (Wildman–Crippen MR) is 76.2 cm³/mol. The van der Waals surface area contributed by atoms with Gasteiger partial charge in [0.2, 0.25) is 0 Å². The highest BCUT2D eigenvalue weighted by Gasteiger charge is 2.55. The van der Waals surface area contributed by atoms with Crippen molar-refractivity contribution in [1.82, 2.24) is 0 Å². The molecule has 3 aliphatic carbocycles. The van der Waals surface area contributed by atoms with Gasteiger partial charge in [0.25, 0.3) is 0 Å². The molecule has 100 valence electrons. The SMILES string of the molecule is O=C1c2ccccc2CCC12C1CCCC2CCC1. The largest absolute Gasteiger partial charge is 0.294 e. The maximum Gasteiger partial charge on any atom is 0.169 e. The first-order valence-electron chi connectivity index (χ1n) is 7.95. The van der Waals surface area contributed by atoms with E-state index in [4.69, 9.17) is 0 Å². The van der Waals surface area contributed by atoms with Gasteiger partial charge in [-0.3, -0.25) is 4.79 Å². The van der Waals surface area contributed by atoms with Crippen molar-refractivity contribution in [2.24, 2.45) is 17.3 Å². The van der Waals surface area contributed by atoms with Gasteiger partial charge < -0.3 is 0 Å². The van der Waals surface area contributed by atoms with E-state index in [9.17, 15) is 4.79 Å². The lowest BCUT2D eigenvalue weighted by atomic mass is 9.49. The van der Waals surface area contributed by atoms with Gasteiger partial charge in [0, 0.05) is 11.0 Å². The number of benzene rings is 1. The number of hydrogen-bond acceptors (Lipinski definition) is 1. The average Bonchev–Trinajstić information content (AvgIpc) is 2.43. The fourth-order valence-corrected chi connectivity index (χ4v) is 5.32. The third-order valence-corrected chi connectivity index (χ3v) is 6.16. The fourth-order valence-electron chi connectivity index (χ4n) is 5.32. The van der Waals surface area contributed by atoms with E-state index in [0.29, 0.717) is 17.6 Å². The molecule has 0 saturated heterocycles. The van der Waals surface area contributed by atoms with E-state index >= 15 is 0 Å². The van der Waals surface area contributed by atoms with Gasteiger partial charge in [-0.2, -0.15) is 0 Å². The zero-order chi connectivity index (χ0) is 12.9. The summed E-state index contributed by atoms with van der Waals surface area (Å²) in [4.78, 5) is 13.2. The van der Waals surface area contributed by atoms with Gasteiger partial charge in [-0.15, -0.1) is 0 Å². The van der Waals surface area contributed by atoms with E-state index in [2.05, 4.69) is 18.2 Å². The number of Topliss-reactive ketones (excluding diaryl/α,β-unsaturated/α-hetero) is 1. The number of hydrogen-bond donors (Lipinski definition) is 0. The highest BCUT2D eigenvalue weighted by Crippen LogP contribution is 2.58. The summed E-state index contributed by atoms with van der Waals surface area (Å²) in [6.45, 7) is 0. The first-order chi connectivity index (χ1) is 9.32. The molecule has 0 radical (unpaired) electrons. The Morgan fingerprint density at radius 1 is 0.947 bits per heavy atom. The van der Waals surface area contributed by atoms with Crippen molar-refractivity contribution in [2.45, 2.75) is 51.4 Å². The average molecular weight is 254 g/mol. The predicted octanol–water partition coefficient (Wildman–Crippen LogP) is 4.40. The van der Waals surface area contributed by atoms with Crippen molar-refractivity contribution in [2.75, 3.05) is 0 Å². The number of ketones is 1. The highest BCUT2D eigenvalue weighted by atomic mass is 16.1. The van der Waals surface area contributed by atoms with Crippen molar-refractivity contribution in [1.29, 1.82) is 0 Å². The molecule has 2 saturated carbocycles. The van der Waals surface area contributed by atoms with Crippen LogP contribution < -0.4 is 0 Å². The highest BCUT2D eigenvalue weighted by molar-refractivity contribution is 6.03. The van der Waals surface area contributed by atoms with Gasteiger partial charge in [-0.05, 0) is 55.9 Å². The minimum Gasteiger partial charge on any atom is -0.294 e. The van der Waals surface area contributed by atoms with Crippen LogP contribution in [0.15, 0.2) is 24.3 Å². The molecule has 0 N–H and O–H groups in total. The monoisotopic (exact) mass is 254 g/mol. The molecule has 0 aromatic heterocycles. The Bertz CT molecular complexity index is 494. The van der Waals surface area contributed by atoms with E-state index in [1.165, 1.54) is 44.1 Å². The maximum absolute atomic E-state index is 13.2. The van der Waals surface area contributed by atoms with Crippen LogP contribution in [0.1, 0.15) is 60.9 Å². The van der Waals surface area contributed by atoms with Crippen LogP contribution in [0.3, 0.4) is 0 Å². The number of rotatable bonds is 0. The molecule has 1 spiro atoms. The molecule has 0 aliphatic heterocycles. The zero-order valence-corrected chi connectivity index (χ0v) is 11.5. The van der Waals surface area contributed by atoms with Crippen LogP contribution in [0, 0.1) is 17.3 Å². The van der Waals surface area contributed by atoms with Crippen molar-refractivity contribution in [3.05, 3.63) is 35.4 Å². The lowest BCUT2D eigenvalue weighted by Crippen LogP contribution is -2.52. The molecular formula is C18H22O. The molecule has 3 aliphatic rings. The zero-order valence-electron chi connectivity index (χ0n) is 11.5. The van der Waals surface area contributed by atoms with Gasteiger partial charge in [-0.25, -0.2) is 0 Å². The Kier molecular flexibility index (Phi) is 2.58. The Morgan fingerprint density at radius 2 is 1.58 bits per heavy atom. The minimum absolute atomic E-state index is 0.0326. The van der Waals surface area contributed by atoms with E-state index in [0.717, 1.165) is 18.4 Å². The molecule has 0 heterocycles. The number of carbonyl (C=O) groups is 1. The second-order valence-electron chi connectivity index (χ2n) is 6.78. The second kappa shape index (κ2) is 4.19. The van der Waals surface area contributed by atoms with Gasteiger partial charge in [0.05, 0.1) is 0 Å². The maximum atomic E-state index is 13.2. The molecule has 1 heteroatoms. The minimum atomic E-state index is 0.0326. The van der Waals surface area contributed by atoms with E-state index in [1.807, 2.05) is 6.07 Å². The normalized spacial score (nSPS) is 37.2. The molecule has 19 heavy (non-hydrogen) atoms. The molecule has 2 bridgehead atoms.